The fraction of sp³-hybridized carbons (Fsp3) is 0.967. The van der Waals surface area contributed by atoms with Crippen molar-refractivity contribution in [3.63, 3.8) is 0 Å². The first-order chi connectivity index (χ1) is 26.9. The van der Waals surface area contributed by atoms with E-state index in [1.807, 2.05) is 0 Å². The molecule has 0 aromatic heterocycles. The summed E-state index contributed by atoms with van der Waals surface area (Å²) in [6.07, 6.45) is -47.4. The highest BCUT2D eigenvalue weighted by molar-refractivity contribution is 5.72. The molecule has 4 heterocycles. The van der Waals surface area contributed by atoms with Crippen molar-refractivity contribution in [1.29, 1.82) is 0 Å². The molecule has 27 nitrogen and oxygen atoms in total. The minimum Gasteiger partial charge on any atom is -0.479 e. The Balaban J connectivity index is 1.43. The van der Waals surface area contributed by atoms with Crippen molar-refractivity contribution in [3.8, 4) is 0 Å². The summed E-state index contributed by atoms with van der Waals surface area (Å²) >= 11 is 0. The van der Waals surface area contributed by atoms with E-state index in [9.17, 15) is 91.6 Å². The summed E-state index contributed by atoms with van der Waals surface area (Å²) < 4.78 is 43.5. The van der Waals surface area contributed by atoms with E-state index in [0.717, 1.165) is 0 Å². The van der Waals surface area contributed by atoms with E-state index in [2.05, 4.69) is 0 Å². The highest BCUT2D eigenvalue weighted by Gasteiger charge is 2.55. The van der Waals surface area contributed by atoms with Gasteiger partial charge >= 0.3 is 5.97 Å². The average Bonchev–Trinajstić information content (AvgIpc) is 3.20. The van der Waals surface area contributed by atoms with E-state index in [-0.39, 0.29) is 0 Å². The molecule has 27 heteroatoms. The third kappa shape index (κ3) is 10.3. The van der Waals surface area contributed by atoms with E-state index in [1.165, 1.54) is 0 Å². The van der Waals surface area contributed by atoms with Gasteiger partial charge in [-0.2, -0.15) is 0 Å². The molecule has 24 atom stereocenters. The molecule has 4 saturated heterocycles. The van der Waals surface area contributed by atoms with Crippen molar-refractivity contribution in [1.82, 2.24) is 0 Å². The summed E-state index contributed by atoms with van der Waals surface area (Å²) in [5.74, 6) is -1.96. The van der Waals surface area contributed by atoms with E-state index < -0.39 is 186 Å². The predicted molar refractivity (Wildman–Crippen MR) is 169 cm³/mol. The van der Waals surface area contributed by atoms with Crippen LogP contribution < -0.4 is 0 Å². The first-order valence-electron chi connectivity index (χ1n) is 17.5. The zero-order valence-corrected chi connectivity index (χ0v) is 29.6. The van der Waals surface area contributed by atoms with Crippen LogP contribution in [0.4, 0.5) is 0 Å². The predicted octanol–water partition coefficient (Wildman–Crippen LogP) is -12.2. The largest absolute Gasteiger partial charge is 0.479 e. The van der Waals surface area contributed by atoms with Crippen LogP contribution >= 0.6 is 0 Å². The monoisotopic (exact) mass is 844 g/mol. The zero-order chi connectivity index (χ0) is 42.6. The van der Waals surface area contributed by atoms with Crippen molar-refractivity contribution in [2.45, 2.75) is 147 Å². The van der Waals surface area contributed by atoms with Gasteiger partial charge in [0.1, 0.15) is 116 Å². The third-order valence-electron chi connectivity index (χ3n) is 9.95. The maximum Gasteiger partial charge on any atom is 0.335 e. The molecule has 0 bridgehead atoms. The summed E-state index contributed by atoms with van der Waals surface area (Å²) in [4.78, 5) is 11.2. The molecule has 57 heavy (non-hydrogen) atoms. The molecule has 0 amide bonds. The summed E-state index contributed by atoms with van der Waals surface area (Å²) in [7, 11) is 0. The summed E-state index contributed by atoms with van der Waals surface area (Å²) in [5.41, 5.74) is 0. The van der Waals surface area contributed by atoms with Crippen molar-refractivity contribution < 1.29 is 135 Å². The van der Waals surface area contributed by atoms with E-state index in [0.29, 0.717) is 0 Å². The van der Waals surface area contributed by atoms with Gasteiger partial charge in [-0.05, 0) is 0 Å². The molecule has 334 valence electrons. The normalized spacial score (nSPS) is 46.5. The van der Waals surface area contributed by atoms with Gasteiger partial charge in [0, 0.05) is 0 Å². The van der Waals surface area contributed by atoms with Crippen molar-refractivity contribution in [3.05, 3.63) is 0 Å². The standard InChI is InChI=1S/C30H52O27/c31-1-6(36)22(13(39)17(43)26(48)49)54-28-19(45)14(40)24(8(3-33)51-28)56-30-21(47)16(42)25(10(5-35)53-30)57-29-20(46)15(41)23(9(4-34)52-29)55-27-18(44)12(38)11(37)7(2-32)50-27/h6-25,27-47H,1-5H2,(H,48,49)/t6?,7?,8?,9?,10?,11-,12-,13+,14+,15+,16+,17?,18?,19?,20?,21?,22?,23?,24?,25?,27-,28-,29-,30-/m0/s1. The number of rotatable bonds is 17. The van der Waals surface area contributed by atoms with Crippen LogP contribution in [0, 0.1) is 0 Å². The van der Waals surface area contributed by atoms with Gasteiger partial charge in [0.15, 0.2) is 31.3 Å². The van der Waals surface area contributed by atoms with Gasteiger partial charge in [-0.15, -0.1) is 0 Å². The quantitative estimate of drug-likeness (QED) is 0.0646. The van der Waals surface area contributed by atoms with Crippen molar-refractivity contribution >= 4 is 5.97 Å². The lowest BCUT2D eigenvalue weighted by atomic mass is 9.95. The van der Waals surface area contributed by atoms with Crippen LogP contribution in [-0.4, -0.2) is 278 Å². The Bertz CT molecular complexity index is 1230. The molecule has 0 spiro atoms. The second kappa shape index (κ2) is 20.8. The van der Waals surface area contributed by atoms with Gasteiger partial charge in [-0.25, -0.2) is 4.79 Å². The van der Waals surface area contributed by atoms with Gasteiger partial charge in [0.05, 0.1) is 33.0 Å². The highest BCUT2D eigenvalue weighted by atomic mass is 16.8. The molecule has 0 saturated carbocycles. The van der Waals surface area contributed by atoms with E-state index in [4.69, 9.17) is 43.0 Å². The molecule has 4 aliphatic heterocycles. The van der Waals surface area contributed by atoms with Gasteiger partial charge in [-0.1, -0.05) is 0 Å². The van der Waals surface area contributed by atoms with E-state index in [1.54, 1.807) is 0 Å². The van der Waals surface area contributed by atoms with Gasteiger partial charge in [0.2, 0.25) is 0 Å². The number of carbonyl (C=O) groups is 1. The molecule has 4 rings (SSSR count). The molecular weight excluding hydrogens is 792 g/mol. The first kappa shape index (κ1) is 48.1. The lowest BCUT2D eigenvalue weighted by Gasteiger charge is -2.49. The number of carboxylic acids is 1. The SMILES string of the molecule is O=C(O)C(O)[C@@H](O)C(O[C@@H]1OC(CO)C(O[C@@H]2OC(CO)C(O[C@@H]3OC(CO)C(O[C@@H]4OC(CO)[C@H](O)[C@H](O)C4O)[C@H](O)C3O)[C@H](O)C2O)[C@H](O)C1O)C(O)CO. The molecule has 0 aromatic carbocycles. The van der Waals surface area contributed by atoms with Crippen LogP contribution in [-0.2, 0) is 42.7 Å². The first-order valence-corrected chi connectivity index (χ1v) is 17.5. The Morgan fingerprint density at radius 2 is 0.807 bits per heavy atom. The van der Waals surface area contributed by atoms with Crippen LogP contribution in [0.3, 0.4) is 0 Å². The summed E-state index contributed by atoms with van der Waals surface area (Å²) in [6, 6.07) is 0. The Morgan fingerprint density at radius 1 is 0.474 bits per heavy atom. The molecule has 18 N–H and O–H groups in total. The van der Waals surface area contributed by atoms with Crippen LogP contribution in [0.5, 0.6) is 0 Å². The van der Waals surface area contributed by atoms with Crippen LogP contribution in [0.25, 0.3) is 0 Å². The van der Waals surface area contributed by atoms with Crippen LogP contribution in [0.1, 0.15) is 0 Å². The van der Waals surface area contributed by atoms with Crippen molar-refractivity contribution in [2.24, 2.45) is 0 Å². The lowest BCUT2D eigenvalue weighted by molar-refractivity contribution is -0.390. The molecule has 0 radical (unpaired) electrons. The highest BCUT2D eigenvalue weighted by Crippen LogP contribution is 2.35. The number of carboxylic acid groups (broad SMARTS) is 1. The number of aliphatic hydroxyl groups excluding tert-OH is 17. The minimum absolute atomic E-state index is 0.825. The molecule has 4 fully saturated rings. The molecule has 14 unspecified atom stereocenters. The third-order valence-corrected chi connectivity index (χ3v) is 9.95. The van der Waals surface area contributed by atoms with E-state index >= 15 is 0 Å². The van der Waals surface area contributed by atoms with Gasteiger partial charge in [-0.3, -0.25) is 0 Å². The second-order valence-corrected chi connectivity index (χ2v) is 13.7. The fourth-order valence-electron chi connectivity index (χ4n) is 6.63. The fourth-order valence-corrected chi connectivity index (χ4v) is 6.63. The zero-order valence-electron chi connectivity index (χ0n) is 29.6. The topological polar surface area (TPSA) is 455 Å². The van der Waals surface area contributed by atoms with Crippen LogP contribution in [0.2, 0.25) is 0 Å². The Labute approximate surface area is 321 Å². The summed E-state index contributed by atoms with van der Waals surface area (Å²) in [5, 5.41) is 184. The minimum atomic E-state index is -2.57. The Kier molecular flexibility index (Phi) is 17.6. The Morgan fingerprint density at radius 3 is 1.16 bits per heavy atom. The molecule has 4 aliphatic rings. The maximum atomic E-state index is 11.2. The molecular formula is C30H52O27. The molecule has 0 aromatic rings. The van der Waals surface area contributed by atoms with Crippen LogP contribution in [0.15, 0.2) is 0 Å². The number of aliphatic carboxylic acids is 1. The number of hydrogen-bond acceptors (Lipinski definition) is 26. The Hall–Kier alpha value is -1.53. The smallest absolute Gasteiger partial charge is 0.335 e. The number of aliphatic hydroxyl groups is 17. The number of ether oxygens (including phenoxy) is 8. The number of hydrogen-bond donors (Lipinski definition) is 18. The lowest BCUT2D eigenvalue weighted by Crippen LogP contribution is -2.67. The average molecular weight is 845 g/mol. The van der Waals surface area contributed by atoms with Gasteiger partial charge < -0.3 is 130 Å². The summed E-state index contributed by atoms with van der Waals surface area (Å²) in [6.45, 7) is -5.00. The van der Waals surface area contributed by atoms with Crippen molar-refractivity contribution in [2.75, 3.05) is 33.0 Å². The second-order valence-electron chi connectivity index (χ2n) is 13.7. The maximum absolute atomic E-state index is 11.2. The molecule has 0 aliphatic carbocycles. The van der Waals surface area contributed by atoms with Gasteiger partial charge in [0.25, 0.3) is 0 Å².